The Morgan fingerprint density at radius 3 is 2.34 bits per heavy atom. The van der Waals surface area contributed by atoms with Crippen LogP contribution in [0, 0.1) is 5.92 Å². The number of carbonyl (C=O) groups excluding carboxylic acids is 2. The first kappa shape index (κ1) is 24.5. The Balaban J connectivity index is 1.37. The van der Waals surface area contributed by atoms with Crippen LogP contribution in [0.5, 0.6) is 0 Å². The molecule has 0 heterocycles. The topological polar surface area (TPSA) is 105 Å². The quantitative estimate of drug-likeness (QED) is 0.458. The minimum Gasteiger partial charge on any atom is -0.481 e. The Bertz CT molecular complexity index is 1070. The maximum Gasteiger partial charge on any atom is 0.407 e. The first-order valence-electron chi connectivity index (χ1n) is 12.3. The highest BCUT2D eigenvalue weighted by atomic mass is 16.5. The van der Waals surface area contributed by atoms with Crippen LogP contribution in [0.25, 0.3) is 11.1 Å². The van der Waals surface area contributed by atoms with E-state index in [-0.39, 0.29) is 24.5 Å². The molecule has 184 valence electrons. The highest BCUT2D eigenvalue weighted by molar-refractivity contribution is 5.86. The lowest BCUT2D eigenvalue weighted by Gasteiger charge is -2.25. The average molecular weight is 477 g/mol. The van der Waals surface area contributed by atoms with E-state index in [1.165, 1.54) is 0 Å². The summed E-state index contributed by atoms with van der Waals surface area (Å²) in [6.45, 7) is 2.19. The molecule has 0 saturated heterocycles. The zero-order valence-corrected chi connectivity index (χ0v) is 19.9. The molecule has 3 atom stereocenters. The van der Waals surface area contributed by atoms with Gasteiger partial charge in [-0.3, -0.25) is 9.59 Å². The summed E-state index contributed by atoms with van der Waals surface area (Å²) in [6, 6.07) is 15.1. The fourth-order valence-corrected chi connectivity index (χ4v) is 4.94. The zero-order chi connectivity index (χ0) is 24.8. The van der Waals surface area contributed by atoms with Gasteiger partial charge in [0.15, 0.2) is 0 Å². The number of hydrogen-bond donors (Lipinski definition) is 3. The first-order valence-corrected chi connectivity index (χ1v) is 12.3. The third-order valence-corrected chi connectivity index (χ3v) is 6.80. The van der Waals surface area contributed by atoms with Gasteiger partial charge in [0.05, 0.1) is 5.92 Å². The van der Waals surface area contributed by atoms with Crippen LogP contribution in [0.15, 0.2) is 60.7 Å². The van der Waals surface area contributed by atoms with Crippen molar-refractivity contribution in [3.63, 3.8) is 0 Å². The Morgan fingerprint density at radius 1 is 1.06 bits per heavy atom. The molecule has 2 aromatic carbocycles. The Morgan fingerprint density at radius 2 is 1.71 bits per heavy atom. The molecule has 0 aliphatic heterocycles. The second kappa shape index (κ2) is 11.2. The molecule has 7 nitrogen and oxygen atoms in total. The molecule has 3 N–H and O–H groups in total. The minimum absolute atomic E-state index is 0.0589. The first-order chi connectivity index (χ1) is 17.0. The number of ether oxygens (including phenoxy) is 1. The number of alkyl carbamates (subject to hydrolysis) is 1. The van der Waals surface area contributed by atoms with Crippen LogP contribution < -0.4 is 10.6 Å². The Hall–Kier alpha value is -3.61. The fourth-order valence-electron chi connectivity index (χ4n) is 4.94. The zero-order valence-electron chi connectivity index (χ0n) is 19.9. The third-order valence-electron chi connectivity index (χ3n) is 6.80. The van der Waals surface area contributed by atoms with Gasteiger partial charge in [-0.05, 0) is 41.5 Å². The molecule has 0 saturated carbocycles. The van der Waals surface area contributed by atoms with E-state index in [0.29, 0.717) is 19.3 Å². The maximum atomic E-state index is 13.0. The summed E-state index contributed by atoms with van der Waals surface area (Å²) in [4.78, 5) is 37.0. The van der Waals surface area contributed by atoms with Gasteiger partial charge < -0.3 is 20.5 Å². The van der Waals surface area contributed by atoms with E-state index in [4.69, 9.17) is 4.74 Å². The minimum atomic E-state index is -0.868. The number of unbranched alkanes of at least 4 members (excludes halogenated alkanes) is 1. The monoisotopic (exact) mass is 476 g/mol. The van der Waals surface area contributed by atoms with Gasteiger partial charge in [-0.15, -0.1) is 0 Å². The van der Waals surface area contributed by atoms with Crippen molar-refractivity contribution in [3.8, 4) is 11.1 Å². The van der Waals surface area contributed by atoms with Crippen LogP contribution in [0.1, 0.15) is 56.1 Å². The van der Waals surface area contributed by atoms with Crippen molar-refractivity contribution in [3.05, 3.63) is 71.8 Å². The van der Waals surface area contributed by atoms with E-state index in [0.717, 1.165) is 35.1 Å². The number of fused-ring (bicyclic) bond motifs is 3. The molecule has 0 aromatic heterocycles. The highest BCUT2D eigenvalue weighted by Crippen LogP contribution is 2.44. The molecule has 2 unspecified atom stereocenters. The molecule has 0 radical (unpaired) electrons. The van der Waals surface area contributed by atoms with Gasteiger partial charge in [-0.2, -0.15) is 0 Å². The van der Waals surface area contributed by atoms with E-state index in [1.807, 2.05) is 37.3 Å². The van der Waals surface area contributed by atoms with Crippen LogP contribution in [0.3, 0.4) is 0 Å². The lowest BCUT2D eigenvalue weighted by molar-refractivity contribution is -0.142. The Kier molecular flexibility index (Phi) is 7.85. The van der Waals surface area contributed by atoms with Gasteiger partial charge in [0.2, 0.25) is 5.91 Å². The van der Waals surface area contributed by atoms with E-state index in [2.05, 4.69) is 34.9 Å². The molecule has 2 aliphatic carbocycles. The number of amides is 2. The van der Waals surface area contributed by atoms with Gasteiger partial charge in [0.25, 0.3) is 0 Å². The molecule has 0 fully saturated rings. The molecule has 0 spiro atoms. The van der Waals surface area contributed by atoms with Crippen molar-refractivity contribution in [2.75, 3.05) is 6.61 Å². The summed E-state index contributed by atoms with van der Waals surface area (Å²) < 4.78 is 5.62. The van der Waals surface area contributed by atoms with E-state index < -0.39 is 24.0 Å². The molecule has 2 amide bonds. The number of nitrogens with one attached hydrogen (secondary N) is 2. The van der Waals surface area contributed by atoms with Crippen LogP contribution in [-0.4, -0.2) is 41.8 Å². The van der Waals surface area contributed by atoms with Gasteiger partial charge in [-0.1, -0.05) is 80.4 Å². The number of carboxylic acids is 1. The van der Waals surface area contributed by atoms with Gasteiger partial charge in [0.1, 0.15) is 12.6 Å². The standard InChI is InChI=1S/C28H32N2O5/c1-2-3-15-25(26(31)29-19-10-8-9-18(16-19)27(32)33)30-28(34)35-17-24-22-13-6-4-11-20(22)21-12-5-7-14-23(21)24/h4-8,10-14,18-19,24-25H,2-3,9,15-17H2,1H3,(H,29,31)(H,30,34)(H,32,33)/t18?,19?,25-/m0/s1. The van der Waals surface area contributed by atoms with E-state index in [1.54, 1.807) is 6.08 Å². The van der Waals surface area contributed by atoms with Crippen LogP contribution >= 0.6 is 0 Å². The summed E-state index contributed by atoms with van der Waals surface area (Å²) in [6.07, 6.45) is 5.88. The number of allylic oxidation sites excluding steroid dienone is 1. The maximum absolute atomic E-state index is 13.0. The number of hydrogen-bond acceptors (Lipinski definition) is 4. The number of carboxylic acid groups (broad SMARTS) is 1. The second-order valence-corrected chi connectivity index (χ2v) is 9.21. The molecule has 0 bridgehead atoms. The van der Waals surface area contributed by atoms with Crippen molar-refractivity contribution in [1.29, 1.82) is 0 Å². The van der Waals surface area contributed by atoms with Crippen LogP contribution in [-0.2, 0) is 14.3 Å². The molecule has 4 rings (SSSR count). The fraction of sp³-hybridized carbons (Fsp3) is 0.393. The summed E-state index contributed by atoms with van der Waals surface area (Å²) in [5.74, 6) is -1.77. The highest BCUT2D eigenvalue weighted by Gasteiger charge is 2.31. The van der Waals surface area contributed by atoms with E-state index in [9.17, 15) is 19.5 Å². The molecule has 35 heavy (non-hydrogen) atoms. The van der Waals surface area contributed by atoms with Crippen LogP contribution in [0.2, 0.25) is 0 Å². The van der Waals surface area contributed by atoms with Crippen molar-refractivity contribution >= 4 is 18.0 Å². The molecular formula is C28H32N2O5. The van der Waals surface area contributed by atoms with Crippen molar-refractivity contribution < 1.29 is 24.2 Å². The van der Waals surface area contributed by atoms with Crippen molar-refractivity contribution in [2.24, 2.45) is 5.92 Å². The summed E-state index contributed by atoms with van der Waals surface area (Å²) in [7, 11) is 0. The normalized spacial score (nSPS) is 19.3. The van der Waals surface area contributed by atoms with Crippen LogP contribution in [0.4, 0.5) is 4.79 Å². The van der Waals surface area contributed by atoms with Crippen molar-refractivity contribution in [2.45, 2.75) is 57.0 Å². The summed E-state index contributed by atoms with van der Waals surface area (Å²) >= 11 is 0. The van der Waals surface area contributed by atoms with Gasteiger partial charge in [-0.25, -0.2) is 4.79 Å². The van der Waals surface area contributed by atoms with E-state index >= 15 is 0 Å². The van der Waals surface area contributed by atoms with Crippen molar-refractivity contribution in [1.82, 2.24) is 10.6 Å². The Labute approximate surface area is 205 Å². The molecule has 2 aromatic rings. The number of benzene rings is 2. The summed E-state index contributed by atoms with van der Waals surface area (Å²) in [5, 5.41) is 14.9. The lowest BCUT2D eigenvalue weighted by Crippen LogP contribution is -2.50. The molecule has 2 aliphatic rings. The molecule has 7 heteroatoms. The predicted molar refractivity (Wildman–Crippen MR) is 133 cm³/mol. The predicted octanol–water partition coefficient (Wildman–Crippen LogP) is 4.62. The third kappa shape index (κ3) is 5.73. The number of carbonyl (C=O) groups is 3. The average Bonchev–Trinajstić information content (AvgIpc) is 3.19. The second-order valence-electron chi connectivity index (χ2n) is 9.21. The molecular weight excluding hydrogens is 444 g/mol. The smallest absolute Gasteiger partial charge is 0.407 e. The SMILES string of the molecule is CCCC[C@H](NC(=O)OCC1c2ccccc2-c2ccccc21)C(=O)NC1C=CCC(C(=O)O)C1. The van der Waals surface area contributed by atoms with Gasteiger partial charge in [0, 0.05) is 12.0 Å². The lowest BCUT2D eigenvalue weighted by atomic mass is 9.91. The van der Waals surface area contributed by atoms with Gasteiger partial charge >= 0.3 is 12.1 Å². The summed E-state index contributed by atoms with van der Waals surface area (Å²) in [5.41, 5.74) is 4.55. The largest absolute Gasteiger partial charge is 0.481 e. The number of rotatable bonds is 9. The number of aliphatic carboxylic acids is 1.